The number of aromatic nitrogens is 3. The van der Waals surface area contributed by atoms with Gasteiger partial charge in [-0.2, -0.15) is 21.9 Å². The maximum Gasteiger partial charge on any atom is 0.333 e. The Labute approximate surface area is 165 Å². The van der Waals surface area contributed by atoms with Crippen molar-refractivity contribution in [2.75, 3.05) is 0 Å². The van der Waals surface area contributed by atoms with Crippen molar-refractivity contribution in [1.29, 1.82) is 0 Å². The summed E-state index contributed by atoms with van der Waals surface area (Å²) in [5.74, 6) is 0.588. The highest BCUT2D eigenvalue weighted by Gasteiger charge is 2.38. The molecule has 1 heterocycles. The molecule has 2 saturated carbocycles. The monoisotopic (exact) mass is 437 g/mol. The predicted molar refractivity (Wildman–Crippen MR) is 98.9 cm³/mol. The minimum Gasteiger partial charge on any atom is -0.255 e. The summed E-state index contributed by atoms with van der Waals surface area (Å²) < 4.78 is 56.3. The summed E-state index contributed by atoms with van der Waals surface area (Å²) in [7, 11) is -7.89. The van der Waals surface area contributed by atoms with Gasteiger partial charge in [0, 0.05) is 0 Å². The van der Waals surface area contributed by atoms with Gasteiger partial charge in [-0.05, 0) is 63.2 Å². The Morgan fingerprint density at radius 3 is 1.57 bits per heavy atom. The molecule has 0 bridgehead atoms. The second-order valence-corrected chi connectivity index (χ2v) is 9.97. The molecule has 1 aromatic heterocycles. The Balaban J connectivity index is 1.64. The first-order valence-electron chi connectivity index (χ1n) is 9.37. The average Bonchev–Trinajstić information content (AvgIpc) is 3.10. The van der Waals surface area contributed by atoms with Gasteiger partial charge in [-0.15, -0.1) is 0 Å². The van der Waals surface area contributed by atoms with Crippen LogP contribution in [0.3, 0.4) is 0 Å². The van der Waals surface area contributed by atoms with Crippen LogP contribution in [-0.2, 0) is 29.0 Å². The molecule has 0 unspecified atom stereocenters. The van der Waals surface area contributed by atoms with Crippen molar-refractivity contribution in [3.8, 4) is 0 Å². The Morgan fingerprint density at radius 2 is 1.25 bits per heavy atom. The second-order valence-electron chi connectivity index (χ2n) is 7.62. The molecule has 28 heavy (non-hydrogen) atoms. The van der Waals surface area contributed by atoms with Gasteiger partial charge in [-0.3, -0.25) is 8.37 Å². The minimum atomic E-state index is -3.95. The van der Waals surface area contributed by atoms with Crippen LogP contribution in [0.1, 0.15) is 57.4 Å². The maximum absolute atomic E-state index is 11.1. The molecule has 1 aromatic rings. The van der Waals surface area contributed by atoms with E-state index in [2.05, 4.69) is 10.1 Å². The second kappa shape index (κ2) is 8.71. The summed E-state index contributed by atoms with van der Waals surface area (Å²) in [6.07, 6.45) is 8.01. The lowest BCUT2D eigenvalue weighted by Gasteiger charge is -2.40. The van der Waals surface area contributed by atoms with E-state index in [0.717, 1.165) is 25.7 Å². The van der Waals surface area contributed by atoms with Crippen molar-refractivity contribution < 1.29 is 25.2 Å². The fourth-order valence-corrected chi connectivity index (χ4v) is 5.76. The lowest BCUT2D eigenvalue weighted by Crippen LogP contribution is -2.36. The Hall–Kier alpha value is -1.12. The van der Waals surface area contributed by atoms with E-state index in [-0.39, 0.29) is 18.2 Å². The van der Waals surface area contributed by atoms with E-state index in [9.17, 15) is 16.8 Å². The van der Waals surface area contributed by atoms with Gasteiger partial charge in [0.2, 0.25) is 0 Å². The van der Waals surface area contributed by atoms with Gasteiger partial charge < -0.3 is 0 Å². The SMILES string of the molecule is NS(=O)(=O)OC1CCC(C(C2CCC(OS(N)(=O)=O)CC2)n2cncn2)CC1. The third-order valence-electron chi connectivity index (χ3n) is 5.69. The molecule has 13 heteroatoms. The zero-order valence-electron chi connectivity index (χ0n) is 15.5. The fourth-order valence-electron chi connectivity index (χ4n) is 4.62. The van der Waals surface area contributed by atoms with Crippen LogP contribution >= 0.6 is 0 Å². The van der Waals surface area contributed by atoms with Crippen LogP contribution in [0.5, 0.6) is 0 Å². The molecule has 2 fully saturated rings. The van der Waals surface area contributed by atoms with Crippen molar-refractivity contribution in [3.63, 3.8) is 0 Å². The van der Waals surface area contributed by atoms with Crippen LogP contribution in [0, 0.1) is 11.8 Å². The van der Waals surface area contributed by atoms with Crippen LogP contribution in [0.4, 0.5) is 0 Å². The van der Waals surface area contributed by atoms with E-state index in [4.69, 9.17) is 18.6 Å². The summed E-state index contributed by atoms with van der Waals surface area (Å²) in [4.78, 5) is 4.07. The van der Waals surface area contributed by atoms with Crippen LogP contribution in [0.25, 0.3) is 0 Å². The maximum atomic E-state index is 11.1. The number of nitrogens with zero attached hydrogens (tertiary/aromatic N) is 3. The first-order chi connectivity index (χ1) is 13.1. The van der Waals surface area contributed by atoms with Gasteiger partial charge >= 0.3 is 20.6 Å². The summed E-state index contributed by atoms with van der Waals surface area (Å²) in [6.45, 7) is 0. The lowest BCUT2D eigenvalue weighted by molar-refractivity contribution is 0.0632. The van der Waals surface area contributed by atoms with Crippen molar-refractivity contribution in [2.24, 2.45) is 22.1 Å². The minimum absolute atomic E-state index is 0.105. The summed E-state index contributed by atoms with van der Waals surface area (Å²) in [5.41, 5.74) is 0. The van der Waals surface area contributed by atoms with Crippen molar-refractivity contribution >= 4 is 20.6 Å². The van der Waals surface area contributed by atoms with Gasteiger partial charge in [-0.1, -0.05) is 0 Å². The first-order valence-corrected chi connectivity index (χ1v) is 12.3. The molecule has 0 amide bonds. The number of hydrogen-bond donors (Lipinski definition) is 2. The first kappa shape index (κ1) is 21.6. The summed E-state index contributed by atoms with van der Waals surface area (Å²) in [6, 6.07) is 0.105. The molecular formula is C15H27N5O6S2. The molecule has 0 saturated heterocycles. The molecule has 3 rings (SSSR count). The number of hydrogen-bond acceptors (Lipinski definition) is 8. The van der Waals surface area contributed by atoms with Crippen LogP contribution in [0.2, 0.25) is 0 Å². The van der Waals surface area contributed by atoms with Gasteiger partial charge in [-0.25, -0.2) is 19.9 Å². The zero-order valence-corrected chi connectivity index (χ0v) is 17.1. The molecule has 2 aliphatic carbocycles. The topological polar surface area (TPSA) is 169 Å². The Morgan fingerprint density at radius 1 is 0.821 bits per heavy atom. The fraction of sp³-hybridized carbons (Fsp3) is 0.867. The molecule has 0 atom stereocenters. The van der Waals surface area contributed by atoms with E-state index in [1.807, 2.05) is 4.68 Å². The largest absolute Gasteiger partial charge is 0.333 e. The molecule has 11 nitrogen and oxygen atoms in total. The molecule has 0 spiro atoms. The summed E-state index contributed by atoms with van der Waals surface area (Å²) in [5, 5.41) is 14.3. The lowest BCUT2D eigenvalue weighted by atomic mass is 9.73. The van der Waals surface area contributed by atoms with Gasteiger partial charge in [0.25, 0.3) is 0 Å². The zero-order chi connectivity index (χ0) is 20.4. The van der Waals surface area contributed by atoms with Crippen molar-refractivity contribution in [3.05, 3.63) is 12.7 Å². The van der Waals surface area contributed by atoms with E-state index in [1.54, 1.807) is 6.33 Å². The van der Waals surface area contributed by atoms with Gasteiger partial charge in [0.05, 0.1) is 18.2 Å². The van der Waals surface area contributed by atoms with E-state index >= 15 is 0 Å². The Kier molecular flexibility index (Phi) is 6.72. The molecule has 0 aliphatic heterocycles. The Bertz CT molecular complexity index is 774. The third-order valence-corrected chi connectivity index (χ3v) is 6.77. The molecule has 0 radical (unpaired) electrons. The number of nitrogens with two attached hydrogens (primary N) is 2. The summed E-state index contributed by atoms with van der Waals surface area (Å²) >= 11 is 0. The van der Waals surface area contributed by atoms with Crippen LogP contribution in [0.15, 0.2) is 12.7 Å². The standard InChI is InChI=1S/C15H27N5O6S2/c16-27(21,22)25-13-5-1-11(2-6-13)15(20-10-18-9-19-20)12-3-7-14(8-4-12)26-28(17,23)24/h9-15H,1-8H2,(H2,16,21,22)(H2,17,23,24). The van der Waals surface area contributed by atoms with Gasteiger partial charge in [0.1, 0.15) is 12.7 Å². The molecule has 0 aromatic carbocycles. The van der Waals surface area contributed by atoms with E-state index < -0.39 is 20.6 Å². The molecule has 2 aliphatic rings. The predicted octanol–water partition coefficient (Wildman–Crippen LogP) is 0.377. The number of rotatable bonds is 7. The van der Waals surface area contributed by atoms with Gasteiger partial charge in [0.15, 0.2) is 0 Å². The molecular weight excluding hydrogens is 410 g/mol. The van der Waals surface area contributed by atoms with E-state index in [1.165, 1.54) is 6.33 Å². The average molecular weight is 438 g/mol. The smallest absolute Gasteiger partial charge is 0.255 e. The van der Waals surface area contributed by atoms with E-state index in [0.29, 0.717) is 37.5 Å². The highest BCUT2D eigenvalue weighted by Crippen LogP contribution is 2.43. The van der Waals surface area contributed by atoms with Crippen molar-refractivity contribution in [1.82, 2.24) is 14.8 Å². The van der Waals surface area contributed by atoms with Crippen LogP contribution < -0.4 is 10.3 Å². The van der Waals surface area contributed by atoms with Crippen molar-refractivity contribution in [2.45, 2.75) is 69.6 Å². The molecule has 4 N–H and O–H groups in total. The third kappa shape index (κ3) is 6.19. The quantitative estimate of drug-likeness (QED) is 0.616. The highest BCUT2D eigenvalue weighted by atomic mass is 32.2. The highest BCUT2D eigenvalue weighted by molar-refractivity contribution is 7.84. The molecule has 160 valence electrons. The normalized spacial score (nSPS) is 30.8. The van der Waals surface area contributed by atoms with Crippen LogP contribution in [-0.4, -0.2) is 43.8 Å².